The quantitative estimate of drug-likeness (QED) is 0.690. The zero-order valence-corrected chi connectivity index (χ0v) is 11.4. The summed E-state index contributed by atoms with van der Waals surface area (Å²) in [5.74, 6) is -0.870. The summed E-state index contributed by atoms with van der Waals surface area (Å²) >= 11 is 0. The summed E-state index contributed by atoms with van der Waals surface area (Å²) in [6, 6.07) is 4.78. The van der Waals surface area contributed by atoms with Crippen molar-refractivity contribution in [1.82, 2.24) is 5.32 Å². The van der Waals surface area contributed by atoms with Crippen LogP contribution in [0, 0.1) is 11.3 Å². The van der Waals surface area contributed by atoms with Crippen molar-refractivity contribution < 1.29 is 19.4 Å². The van der Waals surface area contributed by atoms with Crippen LogP contribution < -0.4 is 15.4 Å². The monoisotopic (exact) mass is 289 g/mol. The van der Waals surface area contributed by atoms with Gasteiger partial charge < -0.3 is 20.5 Å². The fraction of sp³-hybridized carbons (Fsp3) is 0.214. The zero-order chi connectivity index (χ0) is 15.8. The number of rotatable bonds is 6. The van der Waals surface area contributed by atoms with E-state index < -0.39 is 18.0 Å². The number of ether oxygens (including phenoxy) is 1. The summed E-state index contributed by atoms with van der Waals surface area (Å²) in [6.45, 7) is 3.43. The summed E-state index contributed by atoms with van der Waals surface area (Å²) in [5, 5.41) is 22.7. The normalized spacial score (nSPS) is 10.9. The number of hydrogen-bond donors (Lipinski definition) is 3. The van der Waals surface area contributed by atoms with Gasteiger partial charge in [-0.3, -0.25) is 0 Å². The van der Waals surface area contributed by atoms with Crippen molar-refractivity contribution in [2.75, 3.05) is 12.4 Å². The molecule has 110 valence electrons. The summed E-state index contributed by atoms with van der Waals surface area (Å²) in [6.07, 6.45) is 1.47. The van der Waals surface area contributed by atoms with Gasteiger partial charge in [0.2, 0.25) is 0 Å². The largest absolute Gasteiger partial charge is 0.495 e. The second-order valence-corrected chi connectivity index (χ2v) is 4.01. The van der Waals surface area contributed by atoms with Gasteiger partial charge in [0.15, 0.2) is 0 Å². The van der Waals surface area contributed by atoms with Crippen molar-refractivity contribution >= 4 is 17.7 Å². The molecule has 0 aliphatic carbocycles. The van der Waals surface area contributed by atoms with Crippen molar-refractivity contribution in [2.45, 2.75) is 12.5 Å². The average molecular weight is 289 g/mol. The van der Waals surface area contributed by atoms with Gasteiger partial charge in [-0.25, -0.2) is 9.59 Å². The first-order chi connectivity index (χ1) is 10.0. The summed E-state index contributed by atoms with van der Waals surface area (Å²) in [7, 11) is 1.40. The van der Waals surface area contributed by atoms with Crippen LogP contribution in [0.4, 0.5) is 10.5 Å². The molecule has 0 aliphatic heterocycles. The van der Waals surface area contributed by atoms with Crippen LogP contribution in [0.2, 0.25) is 0 Å². The molecule has 0 aromatic heterocycles. The van der Waals surface area contributed by atoms with Gasteiger partial charge in [-0.05, 0) is 18.6 Å². The SMILES string of the molecule is C=CCC(NC(=O)Nc1c(C#N)cccc1OC)C(=O)O. The van der Waals surface area contributed by atoms with E-state index in [9.17, 15) is 9.59 Å². The first-order valence-electron chi connectivity index (χ1n) is 6.01. The van der Waals surface area contributed by atoms with Crippen LogP contribution in [-0.2, 0) is 4.79 Å². The Bertz CT molecular complexity index is 592. The molecule has 1 atom stereocenters. The molecule has 2 amide bonds. The Balaban J connectivity index is 2.91. The first-order valence-corrected chi connectivity index (χ1v) is 6.01. The van der Waals surface area contributed by atoms with Gasteiger partial charge in [0, 0.05) is 0 Å². The number of methoxy groups -OCH3 is 1. The van der Waals surface area contributed by atoms with E-state index in [1.807, 2.05) is 6.07 Å². The highest BCUT2D eigenvalue weighted by atomic mass is 16.5. The predicted octanol–water partition coefficient (Wildman–Crippen LogP) is 1.72. The summed E-state index contributed by atoms with van der Waals surface area (Å²) in [4.78, 5) is 22.8. The number of aliphatic carboxylic acids is 1. The number of carboxylic acid groups (broad SMARTS) is 1. The van der Waals surface area contributed by atoms with E-state index in [1.54, 1.807) is 12.1 Å². The standard InChI is InChI=1S/C14H15N3O4/c1-3-5-10(13(18)19)16-14(20)17-12-9(8-15)6-4-7-11(12)21-2/h3-4,6-7,10H,1,5H2,2H3,(H,18,19)(H2,16,17,20). The van der Waals surface area contributed by atoms with Crippen molar-refractivity contribution in [1.29, 1.82) is 5.26 Å². The topological polar surface area (TPSA) is 111 Å². The Kier molecular flexibility index (Phi) is 5.77. The smallest absolute Gasteiger partial charge is 0.326 e. The Morgan fingerprint density at radius 1 is 1.57 bits per heavy atom. The van der Waals surface area contributed by atoms with Crippen LogP contribution in [0.3, 0.4) is 0 Å². The van der Waals surface area contributed by atoms with Crippen LogP contribution in [0.25, 0.3) is 0 Å². The fourth-order valence-electron chi connectivity index (χ4n) is 1.62. The predicted molar refractivity (Wildman–Crippen MR) is 76.1 cm³/mol. The molecule has 7 heteroatoms. The second kappa shape index (κ2) is 7.55. The average Bonchev–Trinajstić information content (AvgIpc) is 2.46. The first kappa shape index (κ1) is 16.0. The minimum Gasteiger partial charge on any atom is -0.495 e. The maximum absolute atomic E-state index is 11.9. The third kappa shape index (κ3) is 4.24. The number of nitrogens with zero attached hydrogens (tertiary/aromatic N) is 1. The highest BCUT2D eigenvalue weighted by molar-refractivity contribution is 5.95. The van der Waals surface area contributed by atoms with Gasteiger partial charge in [0.1, 0.15) is 23.5 Å². The third-order valence-corrected chi connectivity index (χ3v) is 2.61. The number of nitrogens with one attached hydrogen (secondary N) is 2. The van der Waals surface area contributed by atoms with Crippen molar-refractivity contribution in [3.05, 3.63) is 36.4 Å². The number of amides is 2. The van der Waals surface area contributed by atoms with E-state index >= 15 is 0 Å². The molecule has 1 rings (SSSR count). The molecule has 3 N–H and O–H groups in total. The van der Waals surface area contributed by atoms with Crippen molar-refractivity contribution in [3.8, 4) is 11.8 Å². The molecule has 21 heavy (non-hydrogen) atoms. The van der Waals surface area contributed by atoms with Gasteiger partial charge >= 0.3 is 12.0 Å². The molecule has 0 bridgehead atoms. The Labute approximate surface area is 121 Å². The van der Waals surface area contributed by atoms with E-state index in [0.29, 0.717) is 5.75 Å². The lowest BCUT2D eigenvalue weighted by Crippen LogP contribution is -2.42. The lowest BCUT2D eigenvalue weighted by molar-refractivity contribution is -0.139. The number of hydrogen-bond acceptors (Lipinski definition) is 4. The molecule has 1 aromatic carbocycles. The number of benzene rings is 1. The maximum atomic E-state index is 11.9. The van der Waals surface area contributed by atoms with Crippen molar-refractivity contribution in [3.63, 3.8) is 0 Å². The van der Waals surface area contributed by atoms with Crippen LogP contribution in [0.1, 0.15) is 12.0 Å². The highest BCUT2D eigenvalue weighted by Gasteiger charge is 2.19. The molecule has 0 spiro atoms. The number of carbonyl (C=O) groups excluding carboxylic acids is 1. The molecule has 7 nitrogen and oxygen atoms in total. The summed E-state index contributed by atoms with van der Waals surface area (Å²) in [5.41, 5.74) is 0.392. The fourth-order valence-corrected chi connectivity index (χ4v) is 1.62. The van der Waals surface area contributed by atoms with Gasteiger partial charge in [-0.15, -0.1) is 6.58 Å². The van der Waals surface area contributed by atoms with Crippen LogP contribution in [-0.4, -0.2) is 30.3 Å². The molecule has 1 aromatic rings. The van der Waals surface area contributed by atoms with Crippen molar-refractivity contribution in [2.24, 2.45) is 0 Å². The molecule has 1 unspecified atom stereocenters. The van der Waals surface area contributed by atoms with Crippen LogP contribution in [0.5, 0.6) is 5.75 Å². The van der Waals surface area contributed by atoms with E-state index in [1.165, 1.54) is 19.3 Å². The lowest BCUT2D eigenvalue weighted by Gasteiger charge is -2.15. The Hall–Kier alpha value is -3.01. The minimum atomic E-state index is -1.18. The molecule has 0 saturated heterocycles. The highest BCUT2D eigenvalue weighted by Crippen LogP contribution is 2.27. The molecule has 0 radical (unpaired) electrons. The van der Waals surface area contributed by atoms with E-state index in [0.717, 1.165) is 0 Å². The van der Waals surface area contributed by atoms with Gasteiger partial charge in [-0.2, -0.15) is 5.26 Å². The number of para-hydroxylation sites is 1. The number of carboxylic acids is 1. The van der Waals surface area contributed by atoms with E-state index in [2.05, 4.69) is 17.2 Å². The molecule has 0 fully saturated rings. The number of anilines is 1. The lowest BCUT2D eigenvalue weighted by atomic mass is 10.1. The minimum absolute atomic E-state index is 0.0831. The molecule has 0 saturated carbocycles. The zero-order valence-electron chi connectivity index (χ0n) is 11.4. The number of carbonyl (C=O) groups is 2. The maximum Gasteiger partial charge on any atom is 0.326 e. The molecular weight excluding hydrogens is 274 g/mol. The third-order valence-electron chi connectivity index (χ3n) is 2.61. The number of urea groups is 1. The van der Waals surface area contributed by atoms with Crippen LogP contribution >= 0.6 is 0 Å². The van der Waals surface area contributed by atoms with Crippen LogP contribution in [0.15, 0.2) is 30.9 Å². The molecular formula is C14H15N3O4. The van der Waals surface area contributed by atoms with Gasteiger partial charge in [-0.1, -0.05) is 12.1 Å². The molecule has 0 heterocycles. The number of nitriles is 1. The van der Waals surface area contributed by atoms with E-state index in [-0.39, 0.29) is 17.7 Å². The van der Waals surface area contributed by atoms with Gasteiger partial charge in [0.25, 0.3) is 0 Å². The molecule has 0 aliphatic rings. The Morgan fingerprint density at radius 2 is 2.29 bits per heavy atom. The van der Waals surface area contributed by atoms with E-state index in [4.69, 9.17) is 15.1 Å². The second-order valence-electron chi connectivity index (χ2n) is 4.01. The Morgan fingerprint density at radius 3 is 2.81 bits per heavy atom. The summed E-state index contributed by atoms with van der Waals surface area (Å²) < 4.78 is 5.06. The van der Waals surface area contributed by atoms with Gasteiger partial charge in [0.05, 0.1) is 12.7 Å².